The van der Waals surface area contributed by atoms with Crippen LogP contribution in [0.3, 0.4) is 0 Å². The molecule has 1 aliphatic heterocycles. The minimum absolute atomic E-state index is 0.164. The molecular formula is C21H21FN2O3S. The van der Waals surface area contributed by atoms with Gasteiger partial charge in [0.25, 0.3) is 0 Å². The van der Waals surface area contributed by atoms with Crippen molar-refractivity contribution in [1.29, 1.82) is 0 Å². The Kier molecular flexibility index (Phi) is 5.73. The SMILES string of the molecule is O=C(NCCc1cc(F)cc2c1OCOC2)NCCc1csc2ccccc12. The molecule has 0 bridgehead atoms. The van der Waals surface area contributed by atoms with Crippen molar-refractivity contribution in [2.24, 2.45) is 0 Å². The van der Waals surface area contributed by atoms with Gasteiger partial charge in [-0.1, -0.05) is 18.2 Å². The Balaban J connectivity index is 1.25. The number of ether oxygens (including phenoxy) is 2. The third kappa shape index (κ3) is 4.26. The number of nitrogens with one attached hydrogen (secondary N) is 2. The Labute approximate surface area is 166 Å². The number of hydrogen-bond donors (Lipinski definition) is 2. The molecule has 0 spiro atoms. The van der Waals surface area contributed by atoms with Crippen LogP contribution in [0.15, 0.2) is 41.8 Å². The summed E-state index contributed by atoms with van der Waals surface area (Å²) in [5.41, 5.74) is 2.68. The molecule has 0 aliphatic carbocycles. The van der Waals surface area contributed by atoms with Crippen LogP contribution >= 0.6 is 11.3 Å². The van der Waals surface area contributed by atoms with Crippen LogP contribution in [0.25, 0.3) is 10.1 Å². The molecule has 1 aliphatic rings. The summed E-state index contributed by atoms with van der Waals surface area (Å²) in [4.78, 5) is 12.0. The van der Waals surface area contributed by atoms with E-state index in [0.717, 1.165) is 12.0 Å². The van der Waals surface area contributed by atoms with Crippen LogP contribution in [0.2, 0.25) is 0 Å². The van der Waals surface area contributed by atoms with Crippen LogP contribution in [0.4, 0.5) is 9.18 Å². The van der Waals surface area contributed by atoms with Gasteiger partial charge in [-0.3, -0.25) is 0 Å². The second-order valence-electron chi connectivity index (χ2n) is 6.60. The van der Waals surface area contributed by atoms with Gasteiger partial charge < -0.3 is 20.1 Å². The maximum Gasteiger partial charge on any atom is 0.314 e. The average Bonchev–Trinajstić information content (AvgIpc) is 3.11. The van der Waals surface area contributed by atoms with Crippen molar-refractivity contribution in [1.82, 2.24) is 10.6 Å². The van der Waals surface area contributed by atoms with Crippen molar-refractivity contribution in [2.75, 3.05) is 19.9 Å². The molecule has 2 N–H and O–H groups in total. The number of hydrogen-bond acceptors (Lipinski definition) is 4. The van der Waals surface area contributed by atoms with Gasteiger partial charge in [0.1, 0.15) is 11.6 Å². The molecule has 0 atom stereocenters. The minimum Gasteiger partial charge on any atom is -0.467 e. The fraction of sp³-hybridized carbons (Fsp3) is 0.286. The third-order valence-corrected chi connectivity index (χ3v) is 5.68. The van der Waals surface area contributed by atoms with E-state index in [2.05, 4.69) is 28.1 Å². The Morgan fingerprint density at radius 3 is 2.75 bits per heavy atom. The molecule has 2 amide bonds. The van der Waals surface area contributed by atoms with Gasteiger partial charge in [0.05, 0.1) is 6.61 Å². The van der Waals surface area contributed by atoms with Crippen molar-refractivity contribution < 1.29 is 18.7 Å². The number of carbonyl (C=O) groups is 1. The monoisotopic (exact) mass is 400 g/mol. The van der Waals surface area contributed by atoms with E-state index in [1.165, 1.54) is 27.8 Å². The van der Waals surface area contributed by atoms with Crippen molar-refractivity contribution >= 4 is 27.5 Å². The van der Waals surface area contributed by atoms with Crippen LogP contribution in [-0.2, 0) is 24.2 Å². The summed E-state index contributed by atoms with van der Waals surface area (Å²) in [5, 5.41) is 9.08. The molecule has 0 saturated heterocycles. The van der Waals surface area contributed by atoms with Gasteiger partial charge in [-0.05, 0) is 52.9 Å². The zero-order chi connectivity index (χ0) is 19.3. The number of amides is 2. The molecule has 28 heavy (non-hydrogen) atoms. The van der Waals surface area contributed by atoms with Crippen LogP contribution in [-0.4, -0.2) is 25.9 Å². The largest absolute Gasteiger partial charge is 0.467 e. The second kappa shape index (κ2) is 8.58. The topological polar surface area (TPSA) is 59.6 Å². The summed E-state index contributed by atoms with van der Waals surface area (Å²) < 4.78 is 25.7. The van der Waals surface area contributed by atoms with Gasteiger partial charge in [-0.25, -0.2) is 9.18 Å². The number of fused-ring (bicyclic) bond motifs is 2. The van der Waals surface area contributed by atoms with Gasteiger partial charge in [0.15, 0.2) is 6.79 Å². The number of urea groups is 1. The Bertz CT molecular complexity index is 989. The van der Waals surface area contributed by atoms with E-state index in [4.69, 9.17) is 9.47 Å². The number of carbonyl (C=O) groups excluding carboxylic acids is 1. The summed E-state index contributed by atoms with van der Waals surface area (Å²) in [6.45, 7) is 1.46. The number of thiophene rings is 1. The molecule has 0 saturated carbocycles. The van der Waals surface area contributed by atoms with Crippen LogP contribution in [0, 0.1) is 5.82 Å². The fourth-order valence-electron chi connectivity index (χ4n) is 3.35. The fourth-order valence-corrected chi connectivity index (χ4v) is 4.35. The Morgan fingerprint density at radius 2 is 1.89 bits per heavy atom. The lowest BCUT2D eigenvalue weighted by atomic mass is 10.1. The van der Waals surface area contributed by atoms with Crippen molar-refractivity contribution in [3.05, 3.63) is 64.3 Å². The molecule has 1 aromatic heterocycles. The molecule has 4 rings (SSSR count). The van der Waals surface area contributed by atoms with Crippen LogP contribution in [0.1, 0.15) is 16.7 Å². The third-order valence-electron chi connectivity index (χ3n) is 4.67. The van der Waals surface area contributed by atoms with E-state index in [-0.39, 0.29) is 18.6 Å². The van der Waals surface area contributed by atoms with E-state index in [9.17, 15) is 9.18 Å². The zero-order valence-electron chi connectivity index (χ0n) is 15.3. The number of rotatable bonds is 6. The highest BCUT2D eigenvalue weighted by molar-refractivity contribution is 7.17. The highest BCUT2D eigenvalue weighted by Gasteiger charge is 2.17. The molecule has 3 aromatic rings. The lowest BCUT2D eigenvalue weighted by molar-refractivity contribution is -0.0172. The Hall–Kier alpha value is -2.64. The molecule has 0 fully saturated rings. The summed E-state index contributed by atoms with van der Waals surface area (Å²) in [6.07, 6.45) is 1.27. The van der Waals surface area contributed by atoms with E-state index in [1.54, 1.807) is 11.3 Å². The normalized spacial score (nSPS) is 13.0. The first kappa shape index (κ1) is 18.7. The smallest absolute Gasteiger partial charge is 0.314 e. The number of halogens is 1. The molecule has 2 aromatic carbocycles. The summed E-state index contributed by atoms with van der Waals surface area (Å²) in [5.74, 6) is 0.342. The van der Waals surface area contributed by atoms with Crippen LogP contribution < -0.4 is 15.4 Å². The van der Waals surface area contributed by atoms with E-state index in [0.29, 0.717) is 37.4 Å². The molecule has 5 nitrogen and oxygen atoms in total. The first-order valence-electron chi connectivity index (χ1n) is 9.19. The minimum atomic E-state index is -0.324. The van der Waals surface area contributed by atoms with Gasteiger partial charge in [-0.2, -0.15) is 0 Å². The maximum absolute atomic E-state index is 13.7. The van der Waals surface area contributed by atoms with Crippen molar-refractivity contribution in [3.8, 4) is 5.75 Å². The average molecular weight is 400 g/mol. The predicted octanol–water partition coefficient (Wildman–Crippen LogP) is 3.99. The predicted molar refractivity (Wildman–Crippen MR) is 107 cm³/mol. The number of benzene rings is 2. The highest BCUT2D eigenvalue weighted by Crippen LogP contribution is 2.29. The molecule has 2 heterocycles. The summed E-state index contributed by atoms with van der Waals surface area (Å²) in [7, 11) is 0. The second-order valence-corrected chi connectivity index (χ2v) is 7.51. The Morgan fingerprint density at radius 1 is 1.11 bits per heavy atom. The standard InChI is InChI=1S/C21H21FN2O3S/c22-17-9-14(20-16(10-17)11-26-13-27-20)5-7-23-21(25)24-8-6-15-12-28-19-4-2-1-3-18(15)19/h1-4,9-10,12H,5-8,11,13H2,(H2,23,24,25). The highest BCUT2D eigenvalue weighted by atomic mass is 32.1. The zero-order valence-corrected chi connectivity index (χ0v) is 16.1. The van der Waals surface area contributed by atoms with E-state index >= 15 is 0 Å². The van der Waals surface area contributed by atoms with Crippen molar-refractivity contribution in [3.63, 3.8) is 0 Å². The summed E-state index contributed by atoms with van der Waals surface area (Å²) in [6, 6.07) is 10.9. The quantitative estimate of drug-likeness (QED) is 0.658. The molecule has 7 heteroatoms. The van der Waals surface area contributed by atoms with Crippen LogP contribution in [0.5, 0.6) is 5.75 Å². The lowest BCUT2D eigenvalue weighted by Gasteiger charge is -2.21. The first-order valence-corrected chi connectivity index (χ1v) is 10.1. The lowest BCUT2D eigenvalue weighted by Crippen LogP contribution is -2.37. The van der Waals surface area contributed by atoms with E-state index in [1.807, 2.05) is 12.1 Å². The van der Waals surface area contributed by atoms with Crippen molar-refractivity contribution in [2.45, 2.75) is 19.4 Å². The van der Waals surface area contributed by atoms with E-state index < -0.39 is 0 Å². The molecular weight excluding hydrogens is 379 g/mol. The first-order chi connectivity index (χ1) is 13.7. The molecule has 146 valence electrons. The summed E-state index contributed by atoms with van der Waals surface area (Å²) >= 11 is 1.72. The maximum atomic E-state index is 13.7. The molecule has 0 unspecified atom stereocenters. The molecule has 0 radical (unpaired) electrons. The van der Waals surface area contributed by atoms with Gasteiger partial charge >= 0.3 is 6.03 Å². The van der Waals surface area contributed by atoms with Gasteiger partial charge in [0.2, 0.25) is 0 Å². The van der Waals surface area contributed by atoms with Gasteiger partial charge in [0, 0.05) is 23.4 Å². The van der Waals surface area contributed by atoms with Gasteiger partial charge in [-0.15, -0.1) is 11.3 Å².